The molecule has 1 amide bonds. The van der Waals surface area contributed by atoms with E-state index in [0.29, 0.717) is 22.8 Å². The van der Waals surface area contributed by atoms with Gasteiger partial charge in [0.2, 0.25) is 5.55 Å². The van der Waals surface area contributed by atoms with Gasteiger partial charge in [0.05, 0.1) is 14.2 Å². The number of fused-ring (bicyclic) bond motifs is 2. The van der Waals surface area contributed by atoms with Gasteiger partial charge in [0, 0.05) is 47.5 Å². The van der Waals surface area contributed by atoms with Crippen molar-refractivity contribution in [3.8, 4) is 11.5 Å². The Kier molecular flexibility index (Phi) is 6.42. The van der Waals surface area contributed by atoms with E-state index in [9.17, 15) is 13.6 Å². The lowest BCUT2D eigenvalue weighted by Crippen LogP contribution is -2.34. The molecular formula is C30H27F2N3O4. The number of anilines is 2. The van der Waals surface area contributed by atoms with Crippen LogP contribution >= 0.6 is 0 Å². The minimum absolute atomic E-state index is 0.0940. The summed E-state index contributed by atoms with van der Waals surface area (Å²) in [6.07, 6.45) is 3.81. The number of methoxy groups -OCH3 is 2. The van der Waals surface area contributed by atoms with Gasteiger partial charge in [0.25, 0.3) is 5.91 Å². The highest BCUT2D eigenvalue weighted by molar-refractivity contribution is 6.06. The summed E-state index contributed by atoms with van der Waals surface area (Å²) in [6, 6.07) is 11.8. The van der Waals surface area contributed by atoms with Gasteiger partial charge in [-0.3, -0.25) is 4.79 Å². The Morgan fingerprint density at radius 3 is 2.56 bits per heavy atom. The predicted octanol–water partition coefficient (Wildman–Crippen LogP) is 5.91. The predicted molar refractivity (Wildman–Crippen MR) is 144 cm³/mol. The molecule has 0 saturated carbocycles. The van der Waals surface area contributed by atoms with Gasteiger partial charge in [-0.25, -0.2) is 13.8 Å². The smallest absolute Gasteiger partial charge is 0.261 e. The highest BCUT2D eigenvalue weighted by Crippen LogP contribution is 2.40. The van der Waals surface area contributed by atoms with Crippen LogP contribution in [0.15, 0.2) is 57.9 Å². The number of hydrogen-bond acceptors (Lipinski definition) is 6. The number of nitrogens with one attached hydrogen (secondary N) is 1. The van der Waals surface area contributed by atoms with Crippen molar-refractivity contribution < 1.29 is 27.5 Å². The van der Waals surface area contributed by atoms with Crippen LogP contribution in [0.2, 0.25) is 0 Å². The van der Waals surface area contributed by atoms with Crippen molar-refractivity contribution >= 4 is 33.9 Å². The number of carbonyl (C=O) groups is 1. The molecule has 3 heterocycles. The fourth-order valence-corrected chi connectivity index (χ4v) is 5.49. The van der Waals surface area contributed by atoms with E-state index in [4.69, 9.17) is 13.9 Å². The van der Waals surface area contributed by atoms with E-state index in [-0.39, 0.29) is 16.8 Å². The Morgan fingerprint density at radius 1 is 0.974 bits per heavy atom. The molecule has 9 heteroatoms. The zero-order chi connectivity index (χ0) is 27.1. The van der Waals surface area contributed by atoms with E-state index in [1.54, 1.807) is 24.3 Å². The van der Waals surface area contributed by atoms with Crippen molar-refractivity contribution in [2.75, 3.05) is 37.5 Å². The van der Waals surface area contributed by atoms with Crippen LogP contribution in [0.3, 0.4) is 0 Å². The van der Waals surface area contributed by atoms with Crippen LogP contribution in [-0.4, -0.2) is 33.2 Å². The quantitative estimate of drug-likeness (QED) is 0.347. The maximum Gasteiger partial charge on any atom is 0.261 e. The first-order chi connectivity index (χ1) is 18.9. The summed E-state index contributed by atoms with van der Waals surface area (Å²) >= 11 is 0. The van der Waals surface area contributed by atoms with Crippen LogP contribution in [0.5, 0.6) is 11.5 Å². The lowest BCUT2D eigenvalue weighted by atomic mass is 9.90. The number of aryl methyl sites for hydroxylation is 2. The molecule has 0 atom stereocenters. The SMILES string of the molecule is COc1ccc(NC(=O)c2cc3cc4c5c(c3oc2=Nc2cc(F)ccc2F)CCCN5CCC4)cc1OC. The average Bonchev–Trinajstić information content (AvgIpc) is 2.95. The molecule has 0 aliphatic carbocycles. The molecule has 2 aliphatic rings. The molecule has 0 unspecified atom stereocenters. The molecule has 39 heavy (non-hydrogen) atoms. The second-order valence-electron chi connectivity index (χ2n) is 9.67. The second kappa shape index (κ2) is 10.1. The normalized spacial score (nSPS) is 14.8. The molecule has 7 nitrogen and oxygen atoms in total. The third-order valence-electron chi connectivity index (χ3n) is 7.25. The molecular weight excluding hydrogens is 504 g/mol. The van der Waals surface area contributed by atoms with E-state index in [1.165, 1.54) is 25.5 Å². The molecule has 0 radical (unpaired) electrons. The number of amides is 1. The number of nitrogens with zero attached hydrogens (tertiary/aromatic N) is 2. The first-order valence-corrected chi connectivity index (χ1v) is 12.9. The topological polar surface area (TPSA) is 76.3 Å². The number of benzene rings is 3. The second-order valence-corrected chi connectivity index (χ2v) is 9.67. The molecule has 2 aliphatic heterocycles. The van der Waals surface area contributed by atoms with E-state index in [0.717, 1.165) is 67.9 Å². The zero-order valence-electron chi connectivity index (χ0n) is 21.6. The summed E-state index contributed by atoms with van der Waals surface area (Å²) in [6.45, 7) is 1.98. The van der Waals surface area contributed by atoms with Crippen LogP contribution < -0.4 is 25.2 Å². The highest BCUT2D eigenvalue weighted by Gasteiger charge is 2.27. The summed E-state index contributed by atoms with van der Waals surface area (Å²) in [5.41, 5.74) is 4.28. The van der Waals surface area contributed by atoms with Gasteiger partial charge in [-0.15, -0.1) is 0 Å². The van der Waals surface area contributed by atoms with Crippen molar-refractivity contribution in [2.24, 2.45) is 4.99 Å². The van der Waals surface area contributed by atoms with E-state index < -0.39 is 17.5 Å². The lowest BCUT2D eigenvalue weighted by molar-refractivity contribution is 0.102. The monoisotopic (exact) mass is 531 g/mol. The minimum Gasteiger partial charge on any atom is -0.493 e. The molecule has 4 aromatic rings. The van der Waals surface area contributed by atoms with Crippen molar-refractivity contribution in [2.45, 2.75) is 25.7 Å². The number of ether oxygens (including phenoxy) is 2. The molecule has 0 spiro atoms. The number of halogens is 2. The summed E-state index contributed by atoms with van der Waals surface area (Å²) < 4.78 is 45.5. The Morgan fingerprint density at radius 2 is 1.77 bits per heavy atom. The van der Waals surface area contributed by atoms with Crippen LogP contribution in [0, 0.1) is 11.6 Å². The molecule has 0 fully saturated rings. The van der Waals surface area contributed by atoms with E-state index >= 15 is 0 Å². The molecule has 0 bridgehead atoms. The Bertz CT molecular complexity index is 1680. The lowest BCUT2D eigenvalue weighted by Gasteiger charge is -2.37. The van der Waals surface area contributed by atoms with Gasteiger partial charge in [-0.1, -0.05) is 0 Å². The third-order valence-corrected chi connectivity index (χ3v) is 7.25. The number of hydrogen-bond donors (Lipinski definition) is 1. The molecule has 0 saturated heterocycles. The van der Waals surface area contributed by atoms with Crippen molar-refractivity contribution in [1.82, 2.24) is 0 Å². The first-order valence-electron chi connectivity index (χ1n) is 12.9. The molecule has 1 aromatic heterocycles. The van der Waals surface area contributed by atoms with Crippen molar-refractivity contribution in [3.05, 3.63) is 82.4 Å². The fourth-order valence-electron chi connectivity index (χ4n) is 5.49. The van der Waals surface area contributed by atoms with Gasteiger partial charge < -0.3 is 24.1 Å². The molecule has 200 valence electrons. The van der Waals surface area contributed by atoms with Gasteiger partial charge in [-0.2, -0.15) is 0 Å². The third kappa shape index (κ3) is 4.58. The van der Waals surface area contributed by atoms with Crippen LogP contribution in [0.25, 0.3) is 11.0 Å². The van der Waals surface area contributed by atoms with Crippen LogP contribution in [-0.2, 0) is 12.8 Å². The Hall–Kier alpha value is -4.40. The minimum atomic E-state index is -0.726. The highest BCUT2D eigenvalue weighted by atomic mass is 19.1. The Balaban J connectivity index is 1.53. The van der Waals surface area contributed by atoms with Gasteiger partial charge in [0.1, 0.15) is 28.5 Å². The summed E-state index contributed by atoms with van der Waals surface area (Å²) in [7, 11) is 3.03. The average molecular weight is 532 g/mol. The van der Waals surface area contributed by atoms with Crippen molar-refractivity contribution in [3.63, 3.8) is 0 Å². The summed E-state index contributed by atoms with van der Waals surface area (Å²) in [5, 5.41) is 3.61. The Labute approximate surface area is 223 Å². The van der Waals surface area contributed by atoms with Gasteiger partial charge >= 0.3 is 0 Å². The van der Waals surface area contributed by atoms with Crippen LogP contribution in [0.4, 0.5) is 25.8 Å². The first kappa shape index (κ1) is 24.9. The summed E-state index contributed by atoms with van der Waals surface area (Å²) in [4.78, 5) is 20.3. The van der Waals surface area contributed by atoms with Gasteiger partial charge in [0.15, 0.2) is 11.5 Å². The van der Waals surface area contributed by atoms with Crippen molar-refractivity contribution in [1.29, 1.82) is 0 Å². The zero-order valence-corrected chi connectivity index (χ0v) is 21.6. The standard InChI is InChI=1S/C30H27F2N3O4/c1-37-25-10-8-20(16-26(25)38-2)33-29(36)22-14-18-13-17-5-3-11-35-12-4-6-21(27(17)35)28(18)39-30(22)34-24-15-19(31)7-9-23(24)32/h7-10,13-16H,3-6,11-12H2,1-2H3,(H,33,36). The molecule has 3 aromatic carbocycles. The van der Waals surface area contributed by atoms with Gasteiger partial charge in [-0.05, 0) is 67.6 Å². The summed E-state index contributed by atoms with van der Waals surface area (Å²) in [5.74, 6) is -0.929. The number of rotatable bonds is 5. The molecule has 6 rings (SSSR count). The maximum absolute atomic E-state index is 14.6. The molecule has 1 N–H and O–H groups in total. The largest absolute Gasteiger partial charge is 0.493 e. The fraction of sp³-hybridized carbons (Fsp3) is 0.267. The van der Waals surface area contributed by atoms with E-state index in [2.05, 4.69) is 21.3 Å². The van der Waals surface area contributed by atoms with E-state index in [1.807, 2.05) is 0 Å². The number of carbonyl (C=O) groups excluding carboxylic acids is 1. The van der Waals surface area contributed by atoms with Crippen LogP contribution in [0.1, 0.15) is 34.3 Å². The maximum atomic E-state index is 14.6.